The highest BCUT2D eigenvalue weighted by atomic mass is 35.5. The Bertz CT molecular complexity index is 447. The number of halogens is 1. The number of amidine groups is 1. The molecule has 6 heteroatoms. The standard InChI is InChI=1S/C11H15ClN4S/c1-16(2)7-4-5-8(9(12)6-7)10-13-11(17-3)15-14-10/h4-6,10,14H,1-3H3,(H,13,15). The summed E-state index contributed by atoms with van der Waals surface area (Å²) in [4.78, 5) is 6.49. The van der Waals surface area contributed by atoms with Crippen molar-refractivity contribution in [1.29, 1.82) is 0 Å². The Balaban J connectivity index is 2.26. The normalized spacial score (nSPS) is 18.8. The van der Waals surface area contributed by atoms with Gasteiger partial charge in [0.25, 0.3) is 0 Å². The van der Waals surface area contributed by atoms with E-state index >= 15 is 0 Å². The third-order valence-corrected chi connectivity index (χ3v) is 3.47. The number of anilines is 1. The molecule has 2 rings (SSSR count). The lowest BCUT2D eigenvalue weighted by molar-refractivity contribution is 0.576. The first kappa shape index (κ1) is 12.5. The van der Waals surface area contributed by atoms with Gasteiger partial charge in [-0.05, 0) is 18.4 Å². The Hall–Kier alpha value is -0.910. The average molecular weight is 271 g/mol. The van der Waals surface area contributed by atoms with Crippen molar-refractivity contribution < 1.29 is 0 Å². The third kappa shape index (κ3) is 2.68. The molecule has 2 N–H and O–H groups in total. The van der Waals surface area contributed by atoms with Crippen LogP contribution in [0.5, 0.6) is 0 Å². The molecule has 1 aromatic carbocycles. The largest absolute Gasteiger partial charge is 0.378 e. The number of aliphatic imine (C=N–C) groups is 1. The zero-order chi connectivity index (χ0) is 12.4. The Morgan fingerprint density at radius 1 is 1.41 bits per heavy atom. The zero-order valence-electron chi connectivity index (χ0n) is 9.99. The first-order valence-electron chi connectivity index (χ1n) is 5.22. The SMILES string of the molecule is CSC1=NC(c2ccc(N(C)C)cc2Cl)NN1. The van der Waals surface area contributed by atoms with Gasteiger partial charge in [0.15, 0.2) is 5.17 Å². The minimum Gasteiger partial charge on any atom is -0.378 e. The van der Waals surface area contributed by atoms with Crippen LogP contribution < -0.4 is 15.8 Å². The summed E-state index contributed by atoms with van der Waals surface area (Å²) < 4.78 is 0. The van der Waals surface area contributed by atoms with Gasteiger partial charge in [-0.25, -0.2) is 10.4 Å². The molecule has 0 saturated heterocycles. The van der Waals surface area contributed by atoms with Crippen LogP contribution in [0.2, 0.25) is 5.02 Å². The van der Waals surface area contributed by atoms with Gasteiger partial charge in [0.1, 0.15) is 6.17 Å². The summed E-state index contributed by atoms with van der Waals surface area (Å²) in [6.07, 6.45) is 1.87. The fourth-order valence-electron chi connectivity index (χ4n) is 1.58. The molecule has 4 nitrogen and oxygen atoms in total. The Labute approximate surface area is 110 Å². The minimum absolute atomic E-state index is 0.110. The van der Waals surface area contributed by atoms with Gasteiger partial charge >= 0.3 is 0 Å². The van der Waals surface area contributed by atoms with E-state index in [0.717, 1.165) is 21.4 Å². The lowest BCUT2D eigenvalue weighted by atomic mass is 10.1. The van der Waals surface area contributed by atoms with Crippen molar-refractivity contribution in [3.05, 3.63) is 28.8 Å². The number of hydrogen-bond donors (Lipinski definition) is 2. The second-order valence-electron chi connectivity index (χ2n) is 3.91. The van der Waals surface area contributed by atoms with E-state index in [1.54, 1.807) is 11.8 Å². The average Bonchev–Trinajstić information content (AvgIpc) is 2.77. The second kappa shape index (κ2) is 5.16. The summed E-state index contributed by atoms with van der Waals surface area (Å²) in [6, 6.07) is 5.99. The van der Waals surface area contributed by atoms with Crippen molar-refractivity contribution in [2.75, 3.05) is 25.3 Å². The van der Waals surface area contributed by atoms with Crippen LogP contribution in [0.4, 0.5) is 5.69 Å². The molecule has 1 heterocycles. The van der Waals surface area contributed by atoms with E-state index in [2.05, 4.69) is 15.8 Å². The molecule has 1 atom stereocenters. The van der Waals surface area contributed by atoms with Gasteiger partial charge in [0.2, 0.25) is 0 Å². The molecule has 1 aliphatic heterocycles. The topological polar surface area (TPSA) is 39.7 Å². The van der Waals surface area contributed by atoms with Gasteiger partial charge in [0.05, 0.1) is 0 Å². The lowest BCUT2D eigenvalue weighted by Gasteiger charge is -2.15. The van der Waals surface area contributed by atoms with Gasteiger partial charge in [-0.2, -0.15) is 0 Å². The van der Waals surface area contributed by atoms with E-state index in [-0.39, 0.29) is 6.17 Å². The monoisotopic (exact) mass is 270 g/mol. The van der Waals surface area contributed by atoms with Gasteiger partial charge in [-0.15, -0.1) is 0 Å². The van der Waals surface area contributed by atoms with E-state index < -0.39 is 0 Å². The maximum Gasteiger partial charge on any atom is 0.172 e. The van der Waals surface area contributed by atoms with Crippen LogP contribution in [0, 0.1) is 0 Å². The van der Waals surface area contributed by atoms with Crippen molar-refractivity contribution in [3.63, 3.8) is 0 Å². The molecule has 0 saturated carbocycles. The molecular formula is C11H15ClN4S. The first-order valence-corrected chi connectivity index (χ1v) is 6.82. The molecule has 1 aromatic rings. The molecular weight excluding hydrogens is 256 g/mol. The smallest absolute Gasteiger partial charge is 0.172 e. The van der Waals surface area contributed by atoms with Crippen molar-refractivity contribution in [2.45, 2.75) is 6.17 Å². The molecule has 17 heavy (non-hydrogen) atoms. The molecule has 0 amide bonds. The van der Waals surface area contributed by atoms with Crippen LogP contribution in [0.3, 0.4) is 0 Å². The Morgan fingerprint density at radius 2 is 2.18 bits per heavy atom. The predicted molar refractivity (Wildman–Crippen MR) is 75.7 cm³/mol. The number of nitrogens with one attached hydrogen (secondary N) is 2. The quantitative estimate of drug-likeness (QED) is 0.865. The van der Waals surface area contributed by atoms with E-state index in [4.69, 9.17) is 11.6 Å². The van der Waals surface area contributed by atoms with Crippen LogP contribution in [0.25, 0.3) is 0 Å². The van der Waals surface area contributed by atoms with Crippen LogP contribution in [-0.4, -0.2) is 25.5 Å². The second-order valence-corrected chi connectivity index (χ2v) is 5.11. The number of hydrogen-bond acceptors (Lipinski definition) is 5. The van der Waals surface area contributed by atoms with Crippen LogP contribution >= 0.6 is 23.4 Å². The van der Waals surface area contributed by atoms with Gasteiger partial charge in [-0.3, -0.25) is 5.43 Å². The molecule has 1 unspecified atom stereocenters. The van der Waals surface area contributed by atoms with Gasteiger partial charge < -0.3 is 4.90 Å². The number of hydrazine groups is 1. The van der Waals surface area contributed by atoms with Crippen molar-refractivity contribution >= 4 is 34.2 Å². The Morgan fingerprint density at radius 3 is 2.71 bits per heavy atom. The van der Waals surface area contributed by atoms with Crippen LogP contribution in [-0.2, 0) is 0 Å². The van der Waals surface area contributed by atoms with Crippen molar-refractivity contribution in [3.8, 4) is 0 Å². The third-order valence-electron chi connectivity index (χ3n) is 2.55. The fourth-order valence-corrected chi connectivity index (χ4v) is 2.23. The lowest BCUT2D eigenvalue weighted by Crippen LogP contribution is -2.29. The first-order chi connectivity index (χ1) is 8.11. The van der Waals surface area contributed by atoms with Crippen molar-refractivity contribution in [2.24, 2.45) is 4.99 Å². The molecule has 0 bridgehead atoms. The molecule has 1 aliphatic rings. The summed E-state index contributed by atoms with van der Waals surface area (Å²) >= 11 is 7.84. The number of rotatable bonds is 2. The minimum atomic E-state index is -0.110. The highest BCUT2D eigenvalue weighted by molar-refractivity contribution is 8.13. The van der Waals surface area contributed by atoms with Gasteiger partial charge in [0, 0.05) is 30.4 Å². The molecule has 0 aromatic heterocycles. The summed E-state index contributed by atoms with van der Waals surface area (Å²) in [6.45, 7) is 0. The van der Waals surface area contributed by atoms with E-state index in [1.807, 2.05) is 43.5 Å². The molecule has 0 radical (unpaired) electrons. The van der Waals surface area contributed by atoms with E-state index in [1.165, 1.54) is 0 Å². The highest BCUT2D eigenvalue weighted by Gasteiger charge is 2.19. The summed E-state index contributed by atoms with van der Waals surface area (Å²) in [5.74, 6) is 0. The van der Waals surface area contributed by atoms with Crippen LogP contribution in [0.15, 0.2) is 23.2 Å². The summed E-state index contributed by atoms with van der Waals surface area (Å²) in [5, 5.41) is 1.60. The number of thioether (sulfide) groups is 1. The van der Waals surface area contributed by atoms with Gasteiger partial charge in [-0.1, -0.05) is 29.4 Å². The molecule has 0 aliphatic carbocycles. The van der Waals surface area contributed by atoms with E-state index in [9.17, 15) is 0 Å². The molecule has 92 valence electrons. The summed E-state index contributed by atoms with van der Waals surface area (Å²) in [5.41, 5.74) is 8.17. The Kier molecular flexibility index (Phi) is 3.81. The maximum atomic E-state index is 6.27. The van der Waals surface area contributed by atoms with E-state index in [0.29, 0.717) is 0 Å². The predicted octanol–water partition coefficient (Wildman–Crippen LogP) is 2.23. The molecule has 0 fully saturated rings. The number of nitrogens with zero attached hydrogens (tertiary/aromatic N) is 2. The summed E-state index contributed by atoms with van der Waals surface area (Å²) in [7, 11) is 3.98. The molecule has 0 spiro atoms. The number of benzene rings is 1. The van der Waals surface area contributed by atoms with Crippen molar-refractivity contribution in [1.82, 2.24) is 10.9 Å². The fraction of sp³-hybridized carbons (Fsp3) is 0.364. The maximum absolute atomic E-state index is 6.27. The zero-order valence-corrected chi connectivity index (χ0v) is 11.6. The highest BCUT2D eigenvalue weighted by Crippen LogP contribution is 2.29. The van der Waals surface area contributed by atoms with Crippen LogP contribution in [0.1, 0.15) is 11.7 Å².